The summed E-state index contributed by atoms with van der Waals surface area (Å²) in [6, 6.07) is 0. The maximum Gasteiger partial charge on any atom is 0.0685 e. The van der Waals surface area contributed by atoms with Gasteiger partial charge < -0.3 is 4.74 Å². The highest BCUT2D eigenvalue weighted by atomic mass is 16.5. The summed E-state index contributed by atoms with van der Waals surface area (Å²) in [6.07, 6.45) is 2.23. The Labute approximate surface area is 56.1 Å². The van der Waals surface area contributed by atoms with E-state index in [1.165, 1.54) is 5.57 Å². The zero-order valence-corrected chi connectivity index (χ0v) is 6.05. The Kier molecular flexibility index (Phi) is 2.25. The molecule has 0 aromatic rings. The smallest absolute Gasteiger partial charge is 0.0685 e. The van der Waals surface area contributed by atoms with Crippen LogP contribution in [0.5, 0.6) is 0 Å². The van der Waals surface area contributed by atoms with Crippen molar-refractivity contribution in [2.45, 2.75) is 0 Å². The third kappa shape index (κ3) is 1.80. The van der Waals surface area contributed by atoms with Crippen molar-refractivity contribution < 1.29 is 4.74 Å². The van der Waals surface area contributed by atoms with E-state index in [2.05, 4.69) is 18.0 Å². The molecule has 1 rings (SSSR count). The van der Waals surface area contributed by atoms with E-state index in [-0.39, 0.29) is 0 Å². The summed E-state index contributed by atoms with van der Waals surface area (Å²) in [5, 5.41) is 0. The molecule has 1 aliphatic heterocycles. The fourth-order valence-electron chi connectivity index (χ4n) is 1.05. The molecule has 1 heterocycles. The van der Waals surface area contributed by atoms with Gasteiger partial charge in [0.2, 0.25) is 0 Å². The van der Waals surface area contributed by atoms with Crippen molar-refractivity contribution in [3.05, 3.63) is 11.6 Å². The fourth-order valence-corrected chi connectivity index (χ4v) is 1.05. The largest absolute Gasteiger partial charge is 0.380 e. The third-order valence-electron chi connectivity index (χ3n) is 1.49. The minimum atomic E-state index is 0.796. The lowest BCUT2D eigenvalue weighted by molar-refractivity contribution is 0.221. The maximum atomic E-state index is 4.98. The second-order valence-corrected chi connectivity index (χ2v) is 2.49. The number of rotatable bonds is 2. The van der Waals surface area contributed by atoms with Gasteiger partial charge in [-0.2, -0.15) is 0 Å². The summed E-state index contributed by atoms with van der Waals surface area (Å²) in [4.78, 5) is 2.26. The molecule has 0 unspecified atom stereocenters. The molecule has 2 heteroatoms. The highest BCUT2D eigenvalue weighted by Gasteiger charge is 2.07. The number of ether oxygens (including phenoxy) is 1. The Balaban J connectivity index is 2.27. The summed E-state index contributed by atoms with van der Waals surface area (Å²) in [6.45, 7) is 2.96. The maximum absolute atomic E-state index is 4.98. The van der Waals surface area contributed by atoms with E-state index in [0.717, 1.165) is 19.7 Å². The van der Waals surface area contributed by atoms with E-state index in [1.54, 1.807) is 7.11 Å². The first-order valence-electron chi connectivity index (χ1n) is 3.18. The predicted octanol–water partition coefficient (Wildman–Crippen LogP) is 0.505. The molecule has 0 amide bonds. The fraction of sp³-hybridized carbons (Fsp3) is 0.714. The van der Waals surface area contributed by atoms with Gasteiger partial charge in [0.05, 0.1) is 6.61 Å². The molecular formula is C7H13NO. The van der Waals surface area contributed by atoms with Crippen LogP contribution in [0.25, 0.3) is 0 Å². The lowest BCUT2D eigenvalue weighted by Gasteiger charge is -2.06. The summed E-state index contributed by atoms with van der Waals surface area (Å²) < 4.78 is 4.98. The standard InChI is InChI=1S/C7H13NO/c1-8-4-3-7(5-8)6-9-2/h3H,4-6H2,1-2H3. The van der Waals surface area contributed by atoms with Crippen molar-refractivity contribution in [2.75, 3.05) is 33.9 Å². The van der Waals surface area contributed by atoms with Crippen LogP contribution in [0.4, 0.5) is 0 Å². The van der Waals surface area contributed by atoms with Crippen LogP contribution in [0.2, 0.25) is 0 Å². The molecule has 0 fully saturated rings. The lowest BCUT2D eigenvalue weighted by atomic mass is 10.3. The second kappa shape index (κ2) is 2.99. The molecule has 0 radical (unpaired) electrons. The molecule has 0 atom stereocenters. The number of methoxy groups -OCH3 is 1. The van der Waals surface area contributed by atoms with Crippen LogP contribution in [0, 0.1) is 0 Å². The van der Waals surface area contributed by atoms with E-state index in [4.69, 9.17) is 4.74 Å². The monoisotopic (exact) mass is 127 g/mol. The summed E-state index contributed by atoms with van der Waals surface area (Å²) in [5.41, 5.74) is 1.40. The molecule has 1 aliphatic rings. The quantitative estimate of drug-likeness (QED) is 0.501. The average molecular weight is 127 g/mol. The highest BCUT2D eigenvalue weighted by molar-refractivity contribution is 5.11. The Morgan fingerprint density at radius 2 is 2.56 bits per heavy atom. The van der Waals surface area contributed by atoms with Gasteiger partial charge in [0.15, 0.2) is 0 Å². The van der Waals surface area contributed by atoms with E-state index in [0.29, 0.717) is 0 Å². The van der Waals surface area contributed by atoms with Gasteiger partial charge in [0, 0.05) is 20.2 Å². The van der Waals surface area contributed by atoms with Gasteiger partial charge in [0.1, 0.15) is 0 Å². The lowest BCUT2D eigenvalue weighted by Crippen LogP contribution is -2.14. The first-order valence-corrected chi connectivity index (χ1v) is 3.18. The van der Waals surface area contributed by atoms with Crippen LogP contribution >= 0.6 is 0 Å². The zero-order valence-electron chi connectivity index (χ0n) is 6.05. The molecule has 2 nitrogen and oxygen atoms in total. The van der Waals surface area contributed by atoms with Crippen molar-refractivity contribution in [1.29, 1.82) is 0 Å². The molecule has 0 saturated heterocycles. The van der Waals surface area contributed by atoms with Crippen molar-refractivity contribution in [1.82, 2.24) is 4.90 Å². The predicted molar refractivity (Wildman–Crippen MR) is 37.5 cm³/mol. The first kappa shape index (κ1) is 6.78. The minimum Gasteiger partial charge on any atom is -0.380 e. The molecule has 0 aromatic heterocycles. The molecule has 0 spiro atoms. The first-order chi connectivity index (χ1) is 4.33. The van der Waals surface area contributed by atoms with Gasteiger partial charge in [0.25, 0.3) is 0 Å². The molecule has 9 heavy (non-hydrogen) atoms. The normalized spacial score (nSPS) is 20.4. The Hall–Kier alpha value is -0.340. The van der Waals surface area contributed by atoms with Crippen LogP contribution in [0.1, 0.15) is 0 Å². The van der Waals surface area contributed by atoms with Crippen LogP contribution in [-0.4, -0.2) is 38.8 Å². The average Bonchev–Trinajstić information content (AvgIpc) is 2.17. The van der Waals surface area contributed by atoms with Gasteiger partial charge >= 0.3 is 0 Å². The summed E-state index contributed by atoms with van der Waals surface area (Å²) in [5.74, 6) is 0. The number of likely N-dealkylation sites (N-methyl/N-ethyl adjacent to an activating group) is 1. The van der Waals surface area contributed by atoms with Crippen molar-refractivity contribution in [3.63, 3.8) is 0 Å². The van der Waals surface area contributed by atoms with Gasteiger partial charge in [-0.1, -0.05) is 6.08 Å². The molecule has 0 saturated carbocycles. The number of hydrogen-bond acceptors (Lipinski definition) is 2. The van der Waals surface area contributed by atoms with E-state index in [9.17, 15) is 0 Å². The van der Waals surface area contributed by atoms with Crippen molar-refractivity contribution in [2.24, 2.45) is 0 Å². The SMILES string of the molecule is COCC1=CCN(C)C1. The van der Waals surface area contributed by atoms with Crippen LogP contribution in [-0.2, 0) is 4.74 Å². The Bertz CT molecular complexity index is 120. The van der Waals surface area contributed by atoms with Crippen LogP contribution in [0.15, 0.2) is 11.6 Å². The minimum absolute atomic E-state index is 0.796. The summed E-state index contributed by atoms with van der Waals surface area (Å²) >= 11 is 0. The van der Waals surface area contributed by atoms with Crippen molar-refractivity contribution in [3.8, 4) is 0 Å². The zero-order chi connectivity index (χ0) is 6.69. The highest BCUT2D eigenvalue weighted by Crippen LogP contribution is 2.05. The van der Waals surface area contributed by atoms with E-state index >= 15 is 0 Å². The third-order valence-corrected chi connectivity index (χ3v) is 1.49. The molecule has 0 aliphatic carbocycles. The summed E-state index contributed by atoms with van der Waals surface area (Å²) in [7, 11) is 3.85. The molecule has 0 bridgehead atoms. The van der Waals surface area contributed by atoms with Gasteiger partial charge in [-0.3, -0.25) is 4.90 Å². The molecule has 0 aromatic carbocycles. The van der Waals surface area contributed by atoms with Crippen LogP contribution in [0.3, 0.4) is 0 Å². The molecule has 52 valence electrons. The van der Waals surface area contributed by atoms with Crippen LogP contribution < -0.4 is 0 Å². The Morgan fingerprint density at radius 1 is 1.78 bits per heavy atom. The van der Waals surface area contributed by atoms with Gasteiger partial charge in [-0.05, 0) is 12.6 Å². The van der Waals surface area contributed by atoms with E-state index in [1.807, 2.05) is 0 Å². The molecular weight excluding hydrogens is 114 g/mol. The van der Waals surface area contributed by atoms with Crippen molar-refractivity contribution >= 4 is 0 Å². The number of hydrogen-bond donors (Lipinski definition) is 0. The topological polar surface area (TPSA) is 12.5 Å². The molecule has 0 N–H and O–H groups in total. The second-order valence-electron chi connectivity index (χ2n) is 2.49. The number of nitrogens with zero attached hydrogens (tertiary/aromatic N) is 1. The van der Waals surface area contributed by atoms with Gasteiger partial charge in [-0.15, -0.1) is 0 Å². The van der Waals surface area contributed by atoms with E-state index < -0.39 is 0 Å². The Morgan fingerprint density at radius 3 is 3.00 bits per heavy atom. The van der Waals surface area contributed by atoms with Gasteiger partial charge in [-0.25, -0.2) is 0 Å².